The summed E-state index contributed by atoms with van der Waals surface area (Å²) in [7, 11) is 1.99. The zero-order valence-electron chi connectivity index (χ0n) is 15.9. The van der Waals surface area contributed by atoms with Gasteiger partial charge in [0.25, 0.3) is 0 Å². The summed E-state index contributed by atoms with van der Waals surface area (Å²) < 4.78 is 0. The topological polar surface area (TPSA) is 18.5 Å². The molecule has 1 atom stereocenters. The zero-order valence-corrected chi connectivity index (χ0v) is 15.9. The van der Waals surface area contributed by atoms with Crippen LogP contribution in [-0.4, -0.2) is 49.6 Å². The zero-order chi connectivity index (χ0) is 17.1. The number of nitrogens with one attached hydrogen (secondary N) is 1. The minimum Gasteiger partial charge on any atom is -0.316 e. The molecule has 23 heavy (non-hydrogen) atoms. The minimum atomic E-state index is 0. The molecule has 1 heterocycles. The molecule has 0 aliphatic carbocycles. The Labute approximate surface area is 145 Å². The molecular weight excluding hydrogens is 282 g/mol. The lowest BCUT2D eigenvalue weighted by Crippen LogP contribution is -2.47. The fraction of sp³-hybridized carbons (Fsp3) is 0.700. The van der Waals surface area contributed by atoms with E-state index in [0.717, 1.165) is 19.0 Å². The van der Waals surface area contributed by atoms with E-state index in [4.69, 9.17) is 0 Å². The van der Waals surface area contributed by atoms with Gasteiger partial charge in [-0.25, -0.2) is 0 Å². The molecule has 0 spiro atoms. The van der Waals surface area contributed by atoms with Crippen LogP contribution in [0.1, 0.15) is 46.7 Å². The molecule has 1 saturated heterocycles. The third kappa shape index (κ3) is 7.47. The lowest BCUT2D eigenvalue weighted by molar-refractivity contribution is 0.114. The summed E-state index contributed by atoms with van der Waals surface area (Å²) in [6.07, 6.45) is 1.29. The van der Waals surface area contributed by atoms with E-state index in [2.05, 4.69) is 53.2 Å². The maximum Gasteiger partial charge on any atom is 0.0234 e. The Morgan fingerprint density at radius 3 is 2.04 bits per heavy atom. The van der Waals surface area contributed by atoms with E-state index in [9.17, 15) is 0 Å². The summed E-state index contributed by atoms with van der Waals surface area (Å²) in [5, 5.41) is 3.19. The van der Waals surface area contributed by atoms with Gasteiger partial charge >= 0.3 is 0 Å². The van der Waals surface area contributed by atoms with Crippen molar-refractivity contribution >= 4 is 0 Å². The predicted octanol–water partition coefficient (Wildman–Crippen LogP) is 3.84. The standard InChI is InChI=1S/C18H31N3.C2H6.H2/c1-4-16(2)14-20-9-11-21(12-10-20)15-18-7-5-17(6-8-18)13-19-3;1-2;/h5-8,16,19H,4,9-15H2,1-3H3;1-2H3;1H. The van der Waals surface area contributed by atoms with E-state index in [0.29, 0.717) is 0 Å². The number of piperazine rings is 1. The SMILES string of the molecule is CC.CCC(C)CN1CCN(Cc2ccc(CNC)cc2)CC1.[HH]. The fourth-order valence-corrected chi connectivity index (χ4v) is 2.92. The first kappa shape index (κ1) is 20.1. The highest BCUT2D eigenvalue weighted by molar-refractivity contribution is 5.22. The first-order valence-electron chi connectivity index (χ1n) is 9.38. The average Bonchev–Trinajstić information content (AvgIpc) is 2.60. The summed E-state index contributed by atoms with van der Waals surface area (Å²) in [6.45, 7) is 16.8. The quantitative estimate of drug-likeness (QED) is 0.823. The van der Waals surface area contributed by atoms with Crippen LogP contribution in [-0.2, 0) is 13.1 Å². The summed E-state index contributed by atoms with van der Waals surface area (Å²) >= 11 is 0. The highest BCUT2D eigenvalue weighted by Gasteiger charge is 2.17. The van der Waals surface area contributed by atoms with Crippen LogP contribution in [0, 0.1) is 5.92 Å². The highest BCUT2D eigenvalue weighted by Crippen LogP contribution is 2.12. The summed E-state index contributed by atoms with van der Waals surface area (Å²) in [6, 6.07) is 9.03. The Kier molecular flexibility index (Phi) is 10.2. The van der Waals surface area contributed by atoms with Gasteiger partial charge in [-0.15, -0.1) is 0 Å². The summed E-state index contributed by atoms with van der Waals surface area (Å²) in [5.74, 6) is 0.830. The summed E-state index contributed by atoms with van der Waals surface area (Å²) in [5.41, 5.74) is 2.80. The van der Waals surface area contributed by atoms with Gasteiger partial charge in [-0.05, 0) is 24.1 Å². The van der Waals surface area contributed by atoms with Crippen molar-refractivity contribution < 1.29 is 1.43 Å². The molecule has 1 aromatic carbocycles. The molecule has 0 aromatic heterocycles. The van der Waals surface area contributed by atoms with E-state index < -0.39 is 0 Å². The van der Waals surface area contributed by atoms with Gasteiger partial charge in [0.1, 0.15) is 0 Å². The lowest BCUT2D eigenvalue weighted by atomic mass is 10.1. The third-order valence-corrected chi connectivity index (χ3v) is 4.54. The van der Waals surface area contributed by atoms with Crippen molar-refractivity contribution in [3.63, 3.8) is 0 Å². The van der Waals surface area contributed by atoms with Crippen molar-refractivity contribution in [2.24, 2.45) is 5.92 Å². The molecule has 0 radical (unpaired) electrons. The molecule has 1 aromatic rings. The van der Waals surface area contributed by atoms with Crippen LogP contribution < -0.4 is 5.32 Å². The van der Waals surface area contributed by atoms with Crippen molar-refractivity contribution in [3.8, 4) is 0 Å². The second-order valence-corrected chi connectivity index (χ2v) is 6.44. The van der Waals surface area contributed by atoms with Gasteiger partial charge in [0, 0.05) is 47.2 Å². The number of hydrogen-bond acceptors (Lipinski definition) is 3. The smallest absolute Gasteiger partial charge is 0.0234 e. The lowest BCUT2D eigenvalue weighted by Gasteiger charge is -2.35. The second kappa shape index (κ2) is 11.6. The van der Waals surface area contributed by atoms with Crippen LogP contribution in [0.4, 0.5) is 0 Å². The molecular formula is C20H39N3. The van der Waals surface area contributed by atoms with Gasteiger partial charge in [-0.2, -0.15) is 0 Å². The maximum atomic E-state index is 3.19. The van der Waals surface area contributed by atoms with Crippen LogP contribution in [0.5, 0.6) is 0 Å². The third-order valence-electron chi connectivity index (χ3n) is 4.54. The molecule has 0 bridgehead atoms. The first-order valence-corrected chi connectivity index (χ1v) is 9.38. The van der Waals surface area contributed by atoms with E-state index in [1.54, 1.807) is 0 Å². The van der Waals surface area contributed by atoms with Crippen molar-refractivity contribution in [2.45, 2.75) is 47.2 Å². The molecule has 2 rings (SSSR count). The first-order chi connectivity index (χ1) is 11.2. The van der Waals surface area contributed by atoms with Crippen molar-refractivity contribution in [3.05, 3.63) is 35.4 Å². The maximum absolute atomic E-state index is 3.19. The molecule has 0 amide bonds. The normalized spacial score (nSPS) is 17.4. The Balaban J connectivity index is 0.00000170. The highest BCUT2D eigenvalue weighted by atomic mass is 15.3. The van der Waals surface area contributed by atoms with Gasteiger partial charge < -0.3 is 10.2 Å². The Hall–Kier alpha value is -0.900. The Morgan fingerprint density at radius 2 is 1.52 bits per heavy atom. The second-order valence-electron chi connectivity index (χ2n) is 6.44. The monoisotopic (exact) mass is 321 g/mol. The van der Waals surface area contributed by atoms with Crippen molar-refractivity contribution in [1.29, 1.82) is 0 Å². The van der Waals surface area contributed by atoms with Crippen LogP contribution in [0.15, 0.2) is 24.3 Å². The van der Waals surface area contributed by atoms with Crippen LogP contribution >= 0.6 is 0 Å². The largest absolute Gasteiger partial charge is 0.316 e. The van der Waals surface area contributed by atoms with Gasteiger partial charge in [-0.3, -0.25) is 4.90 Å². The molecule has 3 nitrogen and oxygen atoms in total. The van der Waals surface area contributed by atoms with Gasteiger partial charge in [-0.1, -0.05) is 58.4 Å². The molecule has 1 fully saturated rings. The molecule has 1 aliphatic rings. The average molecular weight is 322 g/mol. The fourth-order valence-electron chi connectivity index (χ4n) is 2.92. The van der Waals surface area contributed by atoms with Crippen molar-refractivity contribution in [1.82, 2.24) is 15.1 Å². The number of benzene rings is 1. The number of rotatable bonds is 7. The van der Waals surface area contributed by atoms with E-state index in [-0.39, 0.29) is 1.43 Å². The van der Waals surface area contributed by atoms with E-state index in [1.807, 2.05) is 20.9 Å². The van der Waals surface area contributed by atoms with Gasteiger partial charge in [0.15, 0.2) is 0 Å². The molecule has 0 saturated carbocycles. The molecule has 1 unspecified atom stereocenters. The molecule has 1 aliphatic heterocycles. The van der Waals surface area contributed by atoms with E-state index >= 15 is 0 Å². The summed E-state index contributed by atoms with van der Waals surface area (Å²) in [4.78, 5) is 5.21. The Bertz CT molecular complexity index is 400. The minimum absolute atomic E-state index is 0. The van der Waals surface area contributed by atoms with Crippen LogP contribution in [0.2, 0.25) is 0 Å². The van der Waals surface area contributed by atoms with Crippen LogP contribution in [0.25, 0.3) is 0 Å². The van der Waals surface area contributed by atoms with Gasteiger partial charge in [0.05, 0.1) is 0 Å². The number of hydrogen-bond donors (Lipinski definition) is 1. The van der Waals surface area contributed by atoms with E-state index in [1.165, 1.54) is 50.3 Å². The molecule has 3 heteroatoms. The van der Waals surface area contributed by atoms with Crippen LogP contribution in [0.3, 0.4) is 0 Å². The van der Waals surface area contributed by atoms with Crippen molar-refractivity contribution in [2.75, 3.05) is 39.8 Å². The molecule has 134 valence electrons. The Morgan fingerprint density at radius 1 is 1.00 bits per heavy atom. The molecule has 1 N–H and O–H groups in total. The number of nitrogens with zero attached hydrogens (tertiary/aromatic N) is 2. The van der Waals surface area contributed by atoms with Gasteiger partial charge in [0.2, 0.25) is 0 Å². The predicted molar refractivity (Wildman–Crippen MR) is 104 cm³/mol.